The summed E-state index contributed by atoms with van der Waals surface area (Å²) in [6.07, 6.45) is 8.02. The van der Waals surface area contributed by atoms with Crippen LogP contribution in [0.25, 0.3) is 0 Å². The SMILES string of the molecule is COc1cccc2c1N(C(=O)C1CC=CC1)CCC2. The molecule has 0 N–H and O–H groups in total. The topological polar surface area (TPSA) is 29.5 Å². The average molecular weight is 257 g/mol. The van der Waals surface area contributed by atoms with Crippen LogP contribution in [0.1, 0.15) is 24.8 Å². The molecule has 19 heavy (non-hydrogen) atoms. The smallest absolute Gasteiger partial charge is 0.230 e. The summed E-state index contributed by atoms with van der Waals surface area (Å²) in [5, 5.41) is 0. The molecule has 1 aliphatic carbocycles. The number of rotatable bonds is 2. The second-order valence-electron chi connectivity index (χ2n) is 5.20. The summed E-state index contributed by atoms with van der Waals surface area (Å²) in [5.41, 5.74) is 2.22. The second-order valence-corrected chi connectivity index (χ2v) is 5.20. The minimum atomic E-state index is 0.121. The van der Waals surface area contributed by atoms with Crippen LogP contribution in [0.3, 0.4) is 0 Å². The Bertz CT molecular complexity index is 499. The first-order valence-electron chi connectivity index (χ1n) is 6.93. The Morgan fingerprint density at radius 2 is 2.11 bits per heavy atom. The lowest BCUT2D eigenvalue weighted by atomic mass is 9.98. The Balaban J connectivity index is 1.95. The quantitative estimate of drug-likeness (QED) is 0.762. The molecule has 0 atom stereocenters. The third-order valence-corrected chi connectivity index (χ3v) is 4.02. The molecule has 1 aromatic rings. The lowest BCUT2D eigenvalue weighted by molar-refractivity contribution is -0.122. The van der Waals surface area contributed by atoms with Crippen molar-refractivity contribution >= 4 is 11.6 Å². The third kappa shape index (κ3) is 2.14. The number of amides is 1. The normalized spacial score (nSPS) is 18.5. The predicted molar refractivity (Wildman–Crippen MR) is 75.5 cm³/mol. The predicted octanol–water partition coefficient (Wildman–Crippen LogP) is 2.94. The van der Waals surface area contributed by atoms with Gasteiger partial charge in [-0.3, -0.25) is 4.79 Å². The molecule has 0 fully saturated rings. The van der Waals surface area contributed by atoms with E-state index in [9.17, 15) is 4.79 Å². The van der Waals surface area contributed by atoms with Gasteiger partial charge in [0.25, 0.3) is 0 Å². The van der Waals surface area contributed by atoms with E-state index in [1.807, 2.05) is 17.0 Å². The zero-order valence-electron chi connectivity index (χ0n) is 11.3. The largest absolute Gasteiger partial charge is 0.495 e. The van der Waals surface area contributed by atoms with Crippen LogP contribution in [0.15, 0.2) is 30.4 Å². The van der Waals surface area contributed by atoms with E-state index in [0.717, 1.165) is 43.7 Å². The van der Waals surface area contributed by atoms with E-state index in [-0.39, 0.29) is 11.8 Å². The second kappa shape index (κ2) is 5.08. The Kier molecular flexibility index (Phi) is 3.28. The summed E-state index contributed by atoms with van der Waals surface area (Å²) < 4.78 is 5.45. The van der Waals surface area contributed by atoms with Crippen molar-refractivity contribution in [1.82, 2.24) is 0 Å². The van der Waals surface area contributed by atoms with E-state index in [2.05, 4.69) is 18.2 Å². The molecular weight excluding hydrogens is 238 g/mol. The molecule has 3 rings (SSSR count). The molecule has 1 aliphatic heterocycles. The van der Waals surface area contributed by atoms with Crippen LogP contribution in [0, 0.1) is 5.92 Å². The van der Waals surface area contributed by atoms with Crippen molar-refractivity contribution in [3.8, 4) is 5.75 Å². The number of ether oxygens (including phenoxy) is 1. The summed E-state index contributed by atoms with van der Waals surface area (Å²) in [4.78, 5) is 14.6. The van der Waals surface area contributed by atoms with Gasteiger partial charge in [-0.25, -0.2) is 0 Å². The maximum atomic E-state index is 12.7. The number of carbonyl (C=O) groups is 1. The first-order valence-corrected chi connectivity index (χ1v) is 6.93. The maximum absolute atomic E-state index is 12.7. The number of para-hydroxylation sites is 1. The lowest BCUT2D eigenvalue weighted by Gasteiger charge is -2.32. The summed E-state index contributed by atoms with van der Waals surface area (Å²) in [5.74, 6) is 1.18. The van der Waals surface area contributed by atoms with Gasteiger partial charge in [0, 0.05) is 12.5 Å². The monoisotopic (exact) mass is 257 g/mol. The van der Waals surface area contributed by atoms with Crippen molar-refractivity contribution in [2.24, 2.45) is 5.92 Å². The van der Waals surface area contributed by atoms with Gasteiger partial charge in [-0.15, -0.1) is 0 Å². The summed E-state index contributed by atoms with van der Waals surface area (Å²) in [6.45, 7) is 0.808. The Labute approximate surface area is 113 Å². The molecule has 0 spiro atoms. The zero-order chi connectivity index (χ0) is 13.2. The van der Waals surface area contributed by atoms with Crippen LogP contribution in [0.5, 0.6) is 5.75 Å². The number of aryl methyl sites for hydroxylation is 1. The van der Waals surface area contributed by atoms with Crippen LogP contribution in [0.2, 0.25) is 0 Å². The third-order valence-electron chi connectivity index (χ3n) is 4.02. The van der Waals surface area contributed by atoms with Gasteiger partial charge in [0.05, 0.1) is 12.8 Å². The van der Waals surface area contributed by atoms with Crippen molar-refractivity contribution in [3.05, 3.63) is 35.9 Å². The molecule has 3 nitrogen and oxygen atoms in total. The molecule has 1 aromatic carbocycles. The molecule has 0 radical (unpaired) electrons. The van der Waals surface area contributed by atoms with Crippen molar-refractivity contribution in [3.63, 3.8) is 0 Å². The standard InChI is InChI=1S/C16H19NO2/c1-19-14-10-4-8-12-9-5-11-17(15(12)14)16(18)13-6-2-3-7-13/h2-4,8,10,13H,5-7,9,11H2,1H3. The highest BCUT2D eigenvalue weighted by atomic mass is 16.5. The van der Waals surface area contributed by atoms with Crippen LogP contribution < -0.4 is 9.64 Å². The fourth-order valence-electron chi connectivity index (χ4n) is 3.04. The van der Waals surface area contributed by atoms with Gasteiger partial charge in [0.1, 0.15) is 5.75 Å². The highest BCUT2D eigenvalue weighted by Crippen LogP contribution is 2.37. The minimum Gasteiger partial charge on any atom is -0.495 e. The number of carbonyl (C=O) groups excluding carboxylic acids is 1. The number of hydrogen-bond acceptors (Lipinski definition) is 2. The summed E-state index contributed by atoms with van der Waals surface area (Å²) >= 11 is 0. The molecule has 0 saturated heterocycles. The molecule has 1 heterocycles. The van der Waals surface area contributed by atoms with Crippen molar-refractivity contribution < 1.29 is 9.53 Å². The number of methoxy groups -OCH3 is 1. The van der Waals surface area contributed by atoms with E-state index >= 15 is 0 Å². The minimum absolute atomic E-state index is 0.121. The number of hydrogen-bond donors (Lipinski definition) is 0. The van der Waals surface area contributed by atoms with Crippen LogP contribution in [-0.2, 0) is 11.2 Å². The van der Waals surface area contributed by atoms with Crippen molar-refractivity contribution in [2.45, 2.75) is 25.7 Å². The van der Waals surface area contributed by atoms with Crippen molar-refractivity contribution in [2.75, 3.05) is 18.6 Å². The van der Waals surface area contributed by atoms with Crippen molar-refractivity contribution in [1.29, 1.82) is 0 Å². The molecule has 0 bridgehead atoms. The Hall–Kier alpha value is -1.77. The van der Waals surface area contributed by atoms with Crippen LogP contribution in [0.4, 0.5) is 5.69 Å². The number of benzene rings is 1. The summed E-state index contributed by atoms with van der Waals surface area (Å²) in [6, 6.07) is 6.05. The molecule has 1 amide bonds. The molecule has 0 saturated carbocycles. The van der Waals surface area contributed by atoms with E-state index in [1.165, 1.54) is 5.56 Å². The number of fused-ring (bicyclic) bond motifs is 1. The molecule has 2 aliphatic rings. The average Bonchev–Trinajstić information content (AvgIpc) is 2.99. The van der Waals surface area contributed by atoms with Crippen LogP contribution >= 0.6 is 0 Å². The first kappa shape index (κ1) is 12.3. The Morgan fingerprint density at radius 3 is 2.84 bits per heavy atom. The Morgan fingerprint density at radius 1 is 1.32 bits per heavy atom. The van der Waals surface area contributed by atoms with E-state index < -0.39 is 0 Å². The van der Waals surface area contributed by atoms with Gasteiger partial charge >= 0.3 is 0 Å². The molecule has 3 heteroatoms. The lowest BCUT2D eigenvalue weighted by Crippen LogP contribution is -2.39. The molecule has 100 valence electrons. The van der Waals surface area contributed by atoms with E-state index in [4.69, 9.17) is 4.74 Å². The highest BCUT2D eigenvalue weighted by Gasteiger charge is 2.30. The van der Waals surface area contributed by atoms with E-state index in [1.54, 1.807) is 7.11 Å². The molecule has 0 unspecified atom stereocenters. The van der Waals surface area contributed by atoms with Gasteiger partial charge in [0.15, 0.2) is 0 Å². The van der Waals surface area contributed by atoms with Gasteiger partial charge in [-0.05, 0) is 37.3 Å². The number of anilines is 1. The molecule has 0 aromatic heterocycles. The zero-order valence-corrected chi connectivity index (χ0v) is 11.3. The number of allylic oxidation sites excluding steroid dienone is 2. The fraction of sp³-hybridized carbons (Fsp3) is 0.438. The number of nitrogens with zero attached hydrogens (tertiary/aromatic N) is 1. The molecular formula is C16H19NO2. The fourth-order valence-corrected chi connectivity index (χ4v) is 3.04. The van der Waals surface area contributed by atoms with E-state index in [0.29, 0.717) is 0 Å². The van der Waals surface area contributed by atoms with Gasteiger partial charge in [-0.2, -0.15) is 0 Å². The highest BCUT2D eigenvalue weighted by molar-refractivity contribution is 5.98. The van der Waals surface area contributed by atoms with Gasteiger partial charge < -0.3 is 9.64 Å². The van der Waals surface area contributed by atoms with Gasteiger partial charge in [0.2, 0.25) is 5.91 Å². The maximum Gasteiger partial charge on any atom is 0.230 e. The summed E-state index contributed by atoms with van der Waals surface area (Å²) in [7, 11) is 1.67. The first-order chi connectivity index (χ1) is 9.31. The van der Waals surface area contributed by atoms with Gasteiger partial charge in [-0.1, -0.05) is 24.3 Å². The van der Waals surface area contributed by atoms with Crippen LogP contribution in [-0.4, -0.2) is 19.6 Å².